The molecule has 1 aliphatic carbocycles. The van der Waals surface area contributed by atoms with Gasteiger partial charge in [0, 0.05) is 18.8 Å². The summed E-state index contributed by atoms with van der Waals surface area (Å²) in [5.41, 5.74) is 0. The average molecular weight is 287 g/mol. The third kappa shape index (κ3) is 3.75. The monoisotopic (exact) mass is 287 g/mol. The topological polar surface area (TPSA) is 51.0 Å². The maximum Gasteiger partial charge on any atom is 0.248 e. The predicted octanol–water partition coefficient (Wildman–Crippen LogP) is 3.81. The molecule has 0 aliphatic heterocycles. The molecular weight excluding hydrogens is 264 g/mol. The van der Waals surface area contributed by atoms with Crippen LogP contribution >= 0.6 is 0 Å². The van der Waals surface area contributed by atoms with Crippen molar-refractivity contribution < 1.29 is 13.2 Å². The zero-order valence-electron chi connectivity index (χ0n) is 12.2. The van der Waals surface area contributed by atoms with Gasteiger partial charge in [-0.2, -0.15) is 0 Å². The van der Waals surface area contributed by atoms with Crippen molar-refractivity contribution in [3.05, 3.63) is 11.8 Å². The molecule has 2 rings (SSSR count). The molecule has 4 nitrogen and oxygen atoms in total. The Hall–Kier alpha value is -1.04. The highest BCUT2D eigenvalue weighted by Gasteiger charge is 2.37. The molecule has 1 aromatic rings. The van der Waals surface area contributed by atoms with Gasteiger partial charge in [0.05, 0.1) is 6.04 Å². The molecule has 1 N–H and O–H groups in total. The SMILES string of the molecule is CCCNC(CC)c1nnc(C2CCC(F)(F)CC2)o1. The minimum Gasteiger partial charge on any atom is -0.423 e. The molecule has 6 heteroatoms. The minimum absolute atomic E-state index is 0.0143. The lowest BCUT2D eigenvalue weighted by atomic mass is 9.87. The molecule has 0 amide bonds. The third-order valence-corrected chi connectivity index (χ3v) is 3.87. The van der Waals surface area contributed by atoms with Crippen LogP contribution < -0.4 is 5.32 Å². The average Bonchev–Trinajstić information content (AvgIpc) is 2.89. The molecule has 0 radical (unpaired) electrons. The van der Waals surface area contributed by atoms with Gasteiger partial charge in [0.25, 0.3) is 0 Å². The van der Waals surface area contributed by atoms with Gasteiger partial charge in [-0.05, 0) is 32.2 Å². The first-order valence-electron chi connectivity index (χ1n) is 7.50. The van der Waals surface area contributed by atoms with Gasteiger partial charge in [-0.15, -0.1) is 10.2 Å². The Morgan fingerprint density at radius 1 is 1.30 bits per heavy atom. The summed E-state index contributed by atoms with van der Waals surface area (Å²) in [6.45, 7) is 5.05. The number of alkyl halides is 2. The molecule has 1 aromatic heterocycles. The Kier molecular flexibility index (Phi) is 5.07. The van der Waals surface area contributed by atoms with E-state index in [0.717, 1.165) is 19.4 Å². The molecule has 0 aromatic carbocycles. The van der Waals surface area contributed by atoms with E-state index >= 15 is 0 Å². The van der Waals surface area contributed by atoms with Crippen LogP contribution in [-0.2, 0) is 0 Å². The lowest BCUT2D eigenvalue weighted by Gasteiger charge is -2.25. The number of halogens is 2. The highest BCUT2D eigenvalue weighted by atomic mass is 19.3. The van der Waals surface area contributed by atoms with Gasteiger partial charge in [0.1, 0.15) is 0 Å². The van der Waals surface area contributed by atoms with Crippen molar-refractivity contribution in [1.29, 1.82) is 0 Å². The van der Waals surface area contributed by atoms with E-state index in [4.69, 9.17) is 4.42 Å². The molecule has 0 saturated heterocycles. The molecule has 20 heavy (non-hydrogen) atoms. The van der Waals surface area contributed by atoms with E-state index in [1.807, 2.05) is 0 Å². The molecule has 1 unspecified atom stereocenters. The van der Waals surface area contributed by atoms with E-state index in [9.17, 15) is 8.78 Å². The Labute approximate surface area is 118 Å². The van der Waals surface area contributed by atoms with Crippen LogP contribution in [0.4, 0.5) is 8.78 Å². The van der Waals surface area contributed by atoms with Crippen molar-refractivity contribution in [3.8, 4) is 0 Å². The first-order chi connectivity index (χ1) is 9.55. The van der Waals surface area contributed by atoms with Gasteiger partial charge >= 0.3 is 0 Å². The van der Waals surface area contributed by atoms with Crippen LogP contribution in [-0.4, -0.2) is 22.7 Å². The van der Waals surface area contributed by atoms with Gasteiger partial charge in [-0.1, -0.05) is 13.8 Å². The van der Waals surface area contributed by atoms with Gasteiger partial charge in [-0.25, -0.2) is 8.78 Å². The summed E-state index contributed by atoms with van der Waals surface area (Å²) in [4.78, 5) is 0. The zero-order valence-corrected chi connectivity index (χ0v) is 12.2. The van der Waals surface area contributed by atoms with Crippen LogP contribution in [0, 0.1) is 0 Å². The fourth-order valence-electron chi connectivity index (χ4n) is 2.56. The van der Waals surface area contributed by atoms with Crippen LogP contribution in [0.1, 0.15) is 76.1 Å². The van der Waals surface area contributed by atoms with Crippen LogP contribution in [0.25, 0.3) is 0 Å². The molecule has 1 heterocycles. The van der Waals surface area contributed by atoms with Crippen molar-refractivity contribution in [2.24, 2.45) is 0 Å². The fraction of sp³-hybridized carbons (Fsp3) is 0.857. The Bertz CT molecular complexity index is 412. The molecule has 0 spiro atoms. The molecule has 1 saturated carbocycles. The molecule has 1 fully saturated rings. The second kappa shape index (κ2) is 6.61. The predicted molar refractivity (Wildman–Crippen MR) is 71.8 cm³/mol. The van der Waals surface area contributed by atoms with Crippen molar-refractivity contribution in [1.82, 2.24) is 15.5 Å². The van der Waals surface area contributed by atoms with Crippen molar-refractivity contribution in [2.75, 3.05) is 6.54 Å². The molecule has 1 aliphatic rings. The van der Waals surface area contributed by atoms with Crippen LogP contribution in [0.5, 0.6) is 0 Å². The zero-order chi connectivity index (χ0) is 14.6. The fourth-order valence-corrected chi connectivity index (χ4v) is 2.56. The summed E-state index contributed by atoms with van der Waals surface area (Å²) in [7, 11) is 0. The minimum atomic E-state index is -2.52. The molecule has 114 valence electrons. The van der Waals surface area contributed by atoms with Gasteiger partial charge < -0.3 is 9.73 Å². The maximum atomic E-state index is 13.1. The highest BCUT2D eigenvalue weighted by Crippen LogP contribution is 2.40. The quantitative estimate of drug-likeness (QED) is 0.864. The largest absolute Gasteiger partial charge is 0.423 e. The van der Waals surface area contributed by atoms with E-state index in [-0.39, 0.29) is 24.8 Å². The molecule has 1 atom stereocenters. The van der Waals surface area contributed by atoms with E-state index in [1.54, 1.807) is 0 Å². The summed E-state index contributed by atoms with van der Waals surface area (Å²) >= 11 is 0. The highest BCUT2D eigenvalue weighted by molar-refractivity contribution is 4.98. The number of nitrogens with zero attached hydrogens (tertiary/aromatic N) is 2. The Balaban J connectivity index is 1.98. The van der Waals surface area contributed by atoms with E-state index < -0.39 is 5.92 Å². The van der Waals surface area contributed by atoms with Crippen molar-refractivity contribution in [2.45, 2.75) is 70.3 Å². The second-order valence-electron chi connectivity index (χ2n) is 5.52. The third-order valence-electron chi connectivity index (χ3n) is 3.87. The van der Waals surface area contributed by atoms with E-state index in [2.05, 4.69) is 29.4 Å². The van der Waals surface area contributed by atoms with Crippen molar-refractivity contribution >= 4 is 0 Å². The van der Waals surface area contributed by atoms with Gasteiger partial charge in [0.2, 0.25) is 17.7 Å². The number of hydrogen-bond donors (Lipinski definition) is 1. The smallest absolute Gasteiger partial charge is 0.248 e. The second-order valence-corrected chi connectivity index (χ2v) is 5.52. The molecular formula is C14H23F2N3O. The number of nitrogens with one attached hydrogen (secondary N) is 1. The van der Waals surface area contributed by atoms with E-state index in [0.29, 0.717) is 24.6 Å². The standard InChI is InChI=1S/C14H23F2N3O/c1-3-9-17-11(4-2)13-19-18-12(20-13)10-5-7-14(15,16)8-6-10/h10-11,17H,3-9H2,1-2H3. The van der Waals surface area contributed by atoms with Gasteiger partial charge in [-0.3, -0.25) is 0 Å². The Morgan fingerprint density at radius 2 is 2.00 bits per heavy atom. The first kappa shape index (κ1) is 15.4. The van der Waals surface area contributed by atoms with Crippen LogP contribution in [0.3, 0.4) is 0 Å². The van der Waals surface area contributed by atoms with Crippen LogP contribution in [0.15, 0.2) is 4.42 Å². The number of hydrogen-bond acceptors (Lipinski definition) is 4. The van der Waals surface area contributed by atoms with E-state index in [1.165, 1.54) is 0 Å². The normalized spacial score (nSPS) is 21.0. The molecule has 0 bridgehead atoms. The lowest BCUT2D eigenvalue weighted by molar-refractivity contribution is -0.0399. The summed E-state index contributed by atoms with van der Waals surface area (Å²) in [5, 5.41) is 11.5. The maximum absolute atomic E-state index is 13.1. The van der Waals surface area contributed by atoms with Crippen molar-refractivity contribution in [3.63, 3.8) is 0 Å². The van der Waals surface area contributed by atoms with Gasteiger partial charge in [0.15, 0.2) is 0 Å². The number of aromatic nitrogens is 2. The summed E-state index contributed by atoms with van der Waals surface area (Å²) < 4.78 is 32.0. The first-order valence-corrected chi connectivity index (χ1v) is 7.50. The van der Waals surface area contributed by atoms with Crippen LogP contribution in [0.2, 0.25) is 0 Å². The summed E-state index contributed by atoms with van der Waals surface area (Å²) in [6, 6.07) is 0.0567. The lowest BCUT2D eigenvalue weighted by Crippen LogP contribution is -2.23. The summed E-state index contributed by atoms with van der Waals surface area (Å²) in [6.07, 6.45) is 2.59. The Morgan fingerprint density at radius 3 is 2.60 bits per heavy atom. The number of rotatable bonds is 6. The summed E-state index contributed by atoms with van der Waals surface area (Å²) in [5.74, 6) is -1.44.